The number of carbonyl (C=O) groups excluding carboxylic acids is 4. The molecule has 0 radical (unpaired) electrons. The quantitative estimate of drug-likeness (QED) is 0.504. The molecule has 0 atom stereocenters. The fraction of sp³-hybridized carbons (Fsp3) is 0.0909. The second kappa shape index (κ2) is 8.73. The van der Waals surface area contributed by atoms with Gasteiger partial charge in [0.05, 0.1) is 22.3 Å². The van der Waals surface area contributed by atoms with Crippen molar-refractivity contribution < 1.29 is 19.2 Å². The van der Waals surface area contributed by atoms with Gasteiger partial charge in [0.25, 0.3) is 23.6 Å². The van der Waals surface area contributed by atoms with Gasteiger partial charge >= 0.3 is 0 Å². The highest BCUT2D eigenvalue weighted by Crippen LogP contribution is 2.28. The highest BCUT2D eigenvalue weighted by Gasteiger charge is 2.41. The molecule has 0 aromatic carbocycles. The second-order valence-corrected chi connectivity index (χ2v) is 5.79. The first kappa shape index (κ1) is 20.5. The minimum atomic E-state index is -0.513. The Morgan fingerprint density at radius 1 is 0.500 bits per heavy atom. The van der Waals surface area contributed by atoms with Crippen molar-refractivity contribution in [3.63, 3.8) is 0 Å². The number of likely N-dealkylation sites (tertiary alicyclic amines) is 2. The van der Waals surface area contributed by atoms with E-state index >= 15 is 0 Å². The van der Waals surface area contributed by atoms with Gasteiger partial charge in [-0.25, -0.2) is 0 Å². The van der Waals surface area contributed by atoms with Gasteiger partial charge in [0.15, 0.2) is 0 Å². The van der Waals surface area contributed by atoms with E-state index in [4.69, 9.17) is 0 Å². The average Bonchev–Trinajstić information content (AvgIpc) is 3.02. The third kappa shape index (κ3) is 3.53. The van der Waals surface area contributed by atoms with Crippen LogP contribution in [0.1, 0.15) is 0 Å². The first-order valence-electron chi connectivity index (χ1n) is 8.46. The molecule has 28 heavy (non-hydrogen) atoms. The fourth-order valence-electron chi connectivity index (χ4n) is 2.95. The van der Waals surface area contributed by atoms with E-state index in [1.54, 1.807) is 0 Å². The lowest BCUT2D eigenvalue weighted by atomic mass is 10.1. The van der Waals surface area contributed by atoms with Gasteiger partial charge in [-0.1, -0.05) is 50.6 Å². The molecule has 2 heterocycles. The highest BCUT2D eigenvalue weighted by molar-refractivity contribution is 6.26. The number of rotatable bonds is 7. The van der Waals surface area contributed by atoms with Crippen LogP contribution < -0.4 is 0 Å². The molecule has 0 aromatic heterocycles. The van der Waals surface area contributed by atoms with Gasteiger partial charge in [0, 0.05) is 13.1 Å². The summed E-state index contributed by atoms with van der Waals surface area (Å²) in [6, 6.07) is 0. The number of imide groups is 2. The number of nitrogens with zero attached hydrogens (tertiary/aromatic N) is 2. The largest absolute Gasteiger partial charge is 0.273 e. The molecule has 6 nitrogen and oxygen atoms in total. The summed E-state index contributed by atoms with van der Waals surface area (Å²) in [6.07, 6.45) is 11.4. The number of hydrogen-bond acceptors (Lipinski definition) is 4. The number of allylic oxidation sites excluding steroid dienone is 8. The van der Waals surface area contributed by atoms with Crippen LogP contribution in [-0.4, -0.2) is 46.5 Å². The minimum Gasteiger partial charge on any atom is -0.273 e. The van der Waals surface area contributed by atoms with Crippen molar-refractivity contribution in [2.24, 2.45) is 0 Å². The fourth-order valence-corrected chi connectivity index (χ4v) is 2.95. The number of hydrogen-bond donors (Lipinski definition) is 0. The van der Waals surface area contributed by atoms with Gasteiger partial charge < -0.3 is 0 Å². The van der Waals surface area contributed by atoms with E-state index in [1.807, 2.05) is 0 Å². The predicted molar refractivity (Wildman–Crippen MR) is 107 cm³/mol. The summed E-state index contributed by atoms with van der Waals surface area (Å²) in [5.41, 5.74) is 0.772. The molecule has 2 rings (SSSR count). The molecule has 2 aliphatic rings. The Hall–Kier alpha value is -3.80. The maximum absolute atomic E-state index is 12.6. The molecule has 142 valence electrons. The van der Waals surface area contributed by atoms with E-state index in [2.05, 4.69) is 26.3 Å². The molecular weight excluding hydrogens is 356 g/mol. The van der Waals surface area contributed by atoms with Crippen LogP contribution in [0.2, 0.25) is 0 Å². The number of carbonyl (C=O) groups is 4. The van der Waals surface area contributed by atoms with E-state index in [9.17, 15) is 19.2 Å². The Kier molecular flexibility index (Phi) is 6.39. The van der Waals surface area contributed by atoms with Crippen molar-refractivity contribution in [1.29, 1.82) is 0 Å². The van der Waals surface area contributed by atoms with Gasteiger partial charge in [0.1, 0.15) is 0 Å². The van der Waals surface area contributed by atoms with Crippen molar-refractivity contribution in [1.82, 2.24) is 9.80 Å². The van der Waals surface area contributed by atoms with Crippen LogP contribution in [0.5, 0.6) is 0 Å². The van der Waals surface area contributed by atoms with Crippen LogP contribution >= 0.6 is 0 Å². The van der Waals surface area contributed by atoms with Crippen molar-refractivity contribution in [3.8, 4) is 0 Å². The SMILES string of the molecule is C=C/C=C1/C(=O)N(CCN2C(=O)C(=C/C=C)/C(=C\C=C)C2=O)C(=O)/C1=C/C=C. The van der Waals surface area contributed by atoms with Gasteiger partial charge in [-0.15, -0.1) is 0 Å². The van der Waals surface area contributed by atoms with E-state index < -0.39 is 23.6 Å². The Morgan fingerprint density at radius 3 is 0.893 bits per heavy atom. The Morgan fingerprint density at radius 2 is 0.714 bits per heavy atom. The smallest absolute Gasteiger partial charge is 0.261 e. The molecule has 6 heteroatoms. The lowest BCUT2D eigenvalue weighted by Gasteiger charge is -2.18. The zero-order valence-electron chi connectivity index (χ0n) is 15.4. The summed E-state index contributed by atoms with van der Waals surface area (Å²) >= 11 is 0. The zero-order valence-corrected chi connectivity index (χ0v) is 15.4. The second-order valence-electron chi connectivity index (χ2n) is 5.79. The highest BCUT2D eigenvalue weighted by atomic mass is 16.2. The molecule has 0 saturated carbocycles. The van der Waals surface area contributed by atoms with Crippen LogP contribution in [-0.2, 0) is 19.2 Å². The Balaban J connectivity index is 2.28. The molecule has 0 N–H and O–H groups in total. The van der Waals surface area contributed by atoms with Gasteiger partial charge in [-0.05, 0) is 24.3 Å². The lowest BCUT2D eigenvalue weighted by molar-refractivity contribution is -0.141. The van der Waals surface area contributed by atoms with E-state index in [0.29, 0.717) is 0 Å². The molecular formula is C22H20N2O4. The van der Waals surface area contributed by atoms with Crippen LogP contribution in [0.25, 0.3) is 0 Å². The van der Waals surface area contributed by atoms with E-state index in [1.165, 1.54) is 48.6 Å². The maximum Gasteiger partial charge on any atom is 0.261 e. The minimum absolute atomic E-state index is 0.124. The summed E-state index contributed by atoms with van der Waals surface area (Å²) in [5.74, 6) is -2.05. The summed E-state index contributed by atoms with van der Waals surface area (Å²) in [5, 5.41) is 0. The van der Waals surface area contributed by atoms with E-state index in [0.717, 1.165) is 9.80 Å². The molecule has 2 fully saturated rings. The molecule has 0 spiro atoms. The monoisotopic (exact) mass is 376 g/mol. The Bertz CT molecular complexity index is 780. The van der Waals surface area contributed by atoms with Crippen LogP contribution in [0.4, 0.5) is 0 Å². The predicted octanol–water partition coefficient (Wildman–Crippen LogP) is 2.17. The van der Waals surface area contributed by atoms with Crippen molar-refractivity contribution >= 4 is 23.6 Å². The third-order valence-electron chi connectivity index (χ3n) is 4.17. The molecule has 0 aliphatic carbocycles. The molecule has 0 bridgehead atoms. The van der Waals surface area contributed by atoms with Crippen LogP contribution in [0, 0.1) is 0 Å². The molecule has 4 amide bonds. The molecule has 0 unspecified atom stereocenters. The summed E-state index contributed by atoms with van der Waals surface area (Å²) in [4.78, 5) is 52.3. The molecule has 2 aliphatic heterocycles. The van der Waals surface area contributed by atoms with Crippen molar-refractivity contribution in [3.05, 3.63) is 97.2 Å². The summed E-state index contributed by atoms with van der Waals surface area (Å²) in [6.45, 7) is 13.9. The van der Waals surface area contributed by atoms with Gasteiger partial charge in [-0.3, -0.25) is 29.0 Å². The lowest BCUT2D eigenvalue weighted by Crippen LogP contribution is -2.40. The first-order valence-corrected chi connectivity index (χ1v) is 8.46. The normalized spacial score (nSPS) is 22.9. The summed E-state index contributed by atoms with van der Waals surface area (Å²) < 4.78 is 0. The molecule has 2 saturated heterocycles. The topological polar surface area (TPSA) is 74.8 Å². The standard InChI is InChI=1S/C22H20N2O4/c1-5-9-15-16(10-6-2)20(26)23(19(15)25)13-14-24-21(27)17(11-7-3)18(12-8-4)22(24)28/h5-12H,1-4,13-14H2/b15-9+,16-10+,17-11+,18-12+. The average molecular weight is 376 g/mol. The first-order chi connectivity index (χ1) is 13.4. The summed E-state index contributed by atoms with van der Waals surface area (Å²) in [7, 11) is 0. The van der Waals surface area contributed by atoms with Crippen molar-refractivity contribution in [2.45, 2.75) is 0 Å². The zero-order chi connectivity index (χ0) is 20.8. The van der Waals surface area contributed by atoms with Crippen LogP contribution in [0.3, 0.4) is 0 Å². The van der Waals surface area contributed by atoms with Crippen molar-refractivity contribution in [2.75, 3.05) is 13.1 Å². The third-order valence-corrected chi connectivity index (χ3v) is 4.17. The maximum atomic E-state index is 12.6. The van der Waals surface area contributed by atoms with E-state index in [-0.39, 0.29) is 35.4 Å². The number of amides is 4. The van der Waals surface area contributed by atoms with Gasteiger partial charge in [0.2, 0.25) is 0 Å². The van der Waals surface area contributed by atoms with Gasteiger partial charge in [-0.2, -0.15) is 0 Å². The van der Waals surface area contributed by atoms with Crippen LogP contribution in [0.15, 0.2) is 97.2 Å². The Labute approximate surface area is 163 Å². The molecule has 0 aromatic rings.